The Balaban J connectivity index is 2.23. The van der Waals surface area contributed by atoms with Crippen LogP contribution in [0, 0.1) is 5.92 Å². The number of anilines is 1. The molecular weight excluding hydrogens is 238 g/mol. The number of nitrogens with one attached hydrogen (secondary N) is 1. The highest BCUT2D eigenvalue weighted by atomic mass is 16.1. The number of hydrogen-bond acceptors (Lipinski definition) is 3. The first-order valence-corrected chi connectivity index (χ1v) is 6.94. The SMILES string of the molecule is CNC(C)c1ccccc1N1CCCC(C(N)=O)C1. The zero-order valence-corrected chi connectivity index (χ0v) is 11.7. The Bertz CT molecular complexity index is 447. The third-order valence-corrected chi connectivity index (χ3v) is 4.00. The van der Waals surface area contributed by atoms with Crippen LogP contribution in [0.4, 0.5) is 5.69 Å². The summed E-state index contributed by atoms with van der Waals surface area (Å²) in [6, 6.07) is 8.68. The smallest absolute Gasteiger partial charge is 0.222 e. The molecular formula is C15H23N3O. The molecule has 1 aromatic rings. The van der Waals surface area contributed by atoms with E-state index < -0.39 is 0 Å². The lowest BCUT2D eigenvalue weighted by Crippen LogP contribution is -2.41. The second-order valence-electron chi connectivity index (χ2n) is 5.26. The van der Waals surface area contributed by atoms with Crippen molar-refractivity contribution in [3.05, 3.63) is 29.8 Å². The number of carbonyl (C=O) groups is 1. The lowest BCUT2D eigenvalue weighted by atomic mass is 9.95. The third kappa shape index (κ3) is 3.07. The van der Waals surface area contributed by atoms with Crippen molar-refractivity contribution in [2.45, 2.75) is 25.8 Å². The second kappa shape index (κ2) is 6.06. The number of para-hydroxylation sites is 1. The van der Waals surface area contributed by atoms with Crippen LogP contribution in [0.25, 0.3) is 0 Å². The number of rotatable bonds is 4. The van der Waals surface area contributed by atoms with E-state index in [4.69, 9.17) is 5.73 Å². The van der Waals surface area contributed by atoms with Crippen LogP contribution in [-0.4, -0.2) is 26.0 Å². The average molecular weight is 261 g/mol. The van der Waals surface area contributed by atoms with Crippen LogP contribution in [-0.2, 0) is 4.79 Å². The first kappa shape index (κ1) is 13.9. The van der Waals surface area contributed by atoms with Crippen molar-refractivity contribution in [1.29, 1.82) is 0 Å². The molecule has 1 saturated heterocycles. The van der Waals surface area contributed by atoms with Crippen molar-refractivity contribution in [3.63, 3.8) is 0 Å². The average Bonchev–Trinajstić information content (AvgIpc) is 2.46. The van der Waals surface area contributed by atoms with Gasteiger partial charge in [0.05, 0.1) is 5.92 Å². The minimum Gasteiger partial charge on any atom is -0.370 e. The summed E-state index contributed by atoms with van der Waals surface area (Å²) in [5, 5.41) is 3.28. The molecule has 1 aliphatic heterocycles. The Hall–Kier alpha value is -1.55. The maximum absolute atomic E-state index is 11.4. The Morgan fingerprint density at radius 1 is 1.47 bits per heavy atom. The molecule has 1 heterocycles. The van der Waals surface area contributed by atoms with E-state index in [2.05, 4.69) is 41.4 Å². The molecule has 1 fully saturated rings. The van der Waals surface area contributed by atoms with Gasteiger partial charge < -0.3 is 16.0 Å². The van der Waals surface area contributed by atoms with Gasteiger partial charge in [-0.2, -0.15) is 0 Å². The topological polar surface area (TPSA) is 58.4 Å². The Labute approximate surface area is 115 Å². The Morgan fingerprint density at radius 3 is 2.89 bits per heavy atom. The molecule has 2 unspecified atom stereocenters. The van der Waals surface area contributed by atoms with Crippen molar-refractivity contribution in [3.8, 4) is 0 Å². The highest BCUT2D eigenvalue weighted by Gasteiger charge is 2.25. The monoisotopic (exact) mass is 261 g/mol. The van der Waals surface area contributed by atoms with Crippen LogP contribution >= 0.6 is 0 Å². The van der Waals surface area contributed by atoms with E-state index in [0.717, 1.165) is 25.9 Å². The molecule has 4 heteroatoms. The molecule has 2 rings (SSSR count). The second-order valence-corrected chi connectivity index (χ2v) is 5.26. The van der Waals surface area contributed by atoms with E-state index in [0.29, 0.717) is 6.04 Å². The van der Waals surface area contributed by atoms with E-state index >= 15 is 0 Å². The first-order valence-electron chi connectivity index (χ1n) is 6.94. The summed E-state index contributed by atoms with van der Waals surface area (Å²) < 4.78 is 0. The molecule has 0 aliphatic carbocycles. The molecule has 19 heavy (non-hydrogen) atoms. The molecule has 0 aromatic heterocycles. The van der Waals surface area contributed by atoms with Gasteiger partial charge in [-0.15, -0.1) is 0 Å². The van der Waals surface area contributed by atoms with Crippen molar-refractivity contribution < 1.29 is 4.79 Å². The van der Waals surface area contributed by atoms with Crippen molar-refractivity contribution in [1.82, 2.24) is 5.32 Å². The summed E-state index contributed by atoms with van der Waals surface area (Å²) in [7, 11) is 1.96. The Kier molecular flexibility index (Phi) is 4.43. The highest BCUT2D eigenvalue weighted by Crippen LogP contribution is 2.29. The van der Waals surface area contributed by atoms with Gasteiger partial charge in [0, 0.05) is 24.8 Å². The molecule has 4 nitrogen and oxygen atoms in total. The van der Waals surface area contributed by atoms with Crippen molar-refractivity contribution >= 4 is 11.6 Å². The van der Waals surface area contributed by atoms with Gasteiger partial charge in [-0.1, -0.05) is 18.2 Å². The third-order valence-electron chi connectivity index (χ3n) is 4.00. The van der Waals surface area contributed by atoms with Gasteiger partial charge in [0.25, 0.3) is 0 Å². The molecule has 0 bridgehead atoms. The lowest BCUT2D eigenvalue weighted by Gasteiger charge is -2.35. The van der Waals surface area contributed by atoms with E-state index in [1.807, 2.05) is 7.05 Å². The Morgan fingerprint density at radius 2 is 2.21 bits per heavy atom. The van der Waals surface area contributed by atoms with Crippen LogP contribution in [0.2, 0.25) is 0 Å². The van der Waals surface area contributed by atoms with Gasteiger partial charge in [0.1, 0.15) is 0 Å². The predicted octanol–water partition coefficient (Wildman–Crippen LogP) is 1.67. The van der Waals surface area contributed by atoms with Crippen LogP contribution in [0.1, 0.15) is 31.4 Å². The maximum atomic E-state index is 11.4. The van der Waals surface area contributed by atoms with Gasteiger partial charge in [-0.3, -0.25) is 4.79 Å². The van der Waals surface area contributed by atoms with E-state index in [1.165, 1.54) is 11.3 Å². The lowest BCUT2D eigenvalue weighted by molar-refractivity contribution is -0.122. The van der Waals surface area contributed by atoms with Crippen LogP contribution < -0.4 is 16.0 Å². The van der Waals surface area contributed by atoms with Crippen LogP contribution in [0.5, 0.6) is 0 Å². The van der Waals surface area contributed by atoms with Crippen LogP contribution in [0.3, 0.4) is 0 Å². The zero-order valence-electron chi connectivity index (χ0n) is 11.7. The first-order chi connectivity index (χ1) is 9.13. The molecule has 1 amide bonds. The van der Waals surface area contributed by atoms with Gasteiger partial charge in [-0.05, 0) is 38.4 Å². The minimum atomic E-state index is -0.177. The van der Waals surface area contributed by atoms with Gasteiger partial charge in [0.15, 0.2) is 0 Å². The standard InChI is InChI=1S/C15H23N3O/c1-11(17-2)13-7-3-4-8-14(13)18-9-5-6-12(10-18)15(16)19/h3-4,7-8,11-12,17H,5-6,9-10H2,1-2H3,(H2,16,19). The number of carbonyl (C=O) groups excluding carboxylic acids is 1. The number of primary amides is 1. The number of piperidine rings is 1. The van der Waals surface area contributed by atoms with E-state index in [9.17, 15) is 4.79 Å². The number of hydrogen-bond donors (Lipinski definition) is 2. The van der Waals surface area contributed by atoms with Gasteiger partial charge in [0.2, 0.25) is 5.91 Å². The summed E-state index contributed by atoms with van der Waals surface area (Å²) in [6.45, 7) is 3.88. The molecule has 0 spiro atoms. The number of nitrogens with two attached hydrogens (primary N) is 1. The normalized spacial score (nSPS) is 21.2. The van der Waals surface area contributed by atoms with Crippen molar-refractivity contribution in [2.75, 3.05) is 25.0 Å². The molecule has 104 valence electrons. The van der Waals surface area contributed by atoms with Crippen LogP contribution in [0.15, 0.2) is 24.3 Å². The number of amides is 1. The summed E-state index contributed by atoms with van der Waals surface area (Å²) in [4.78, 5) is 13.7. The number of nitrogens with zero attached hydrogens (tertiary/aromatic N) is 1. The zero-order chi connectivity index (χ0) is 13.8. The molecule has 3 N–H and O–H groups in total. The highest BCUT2D eigenvalue weighted by molar-refractivity contribution is 5.77. The van der Waals surface area contributed by atoms with E-state index in [1.54, 1.807) is 0 Å². The summed E-state index contributed by atoms with van der Waals surface area (Å²) >= 11 is 0. The largest absolute Gasteiger partial charge is 0.370 e. The fourth-order valence-electron chi connectivity index (χ4n) is 2.73. The minimum absolute atomic E-state index is 0.0216. The molecule has 1 aromatic carbocycles. The molecule has 1 aliphatic rings. The summed E-state index contributed by atoms with van der Waals surface area (Å²) in [5.74, 6) is -0.199. The fourth-order valence-corrected chi connectivity index (χ4v) is 2.73. The quantitative estimate of drug-likeness (QED) is 0.867. The summed E-state index contributed by atoms with van der Waals surface area (Å²) in [6.07, 6.45) is 1.94. The van der Waals surface area contributed by atoms with Gasteiger partial charge in [-0.25, -0.2) is 0 Å². The number of benzene rings is 1. The molecule has 2 atom stereocenters. The predicted molar refractivity (Wildman–Crippen MR) is 78.0 cm³/mol. The molecule has 0 saturated carbocycles. The maximum Gasteiger partial charge on any atom is 0.222 e. The van der Waals surface area contributed by atoms with Gasteiger partial charge >= 0.3 is 0 Å². The van der Waals surface area contributed by atoms with E-state index in [-0.39, 0.29) is 11.8 Å². The van der Waals surface area contributed by atoms with Crippen molar-refractivity contribution in [2.24, 2.45) is 11.7 Å². The fraction of sp³-hybridized carbons (Fsp3) is 0.533. The molecule has 0 radical (unpaired) electrons. The summed E-state index contributed by atoms with van der Waals surface area (Å²) in [5.41, 5.74) is 7.94.